The van der Waals surface area contributed by atoms with Crippen LogP contribution in [0.15, 0.2) is 29.4 Å². The van der Waals surface area contributed by atoms with Gasteiger partial charge in [0.25, 0.3) is 0 Å². The van der Waals surface area contributed by atoms with Gasteiger partial charge in [0.15, 0.2) is 4.90 Å². The zero-order valence-electron chi connectivity index (χ0n) is 9.32. The van der Waals surface area contributed by atoms with E-state index >= 15 is 0 Å². The van der Waals surface area contributed by atoms with Gasteiger partial charge in [0, 0.05) is 30.4 Å². The first-order valence-electron chi connectivity index (χ1n) is 5.02. The molecule has 0 fully saturated rings. The number of benzene rings is 1. The Morgan fingerprint density at radius 1 is 1.21 bits per heavy atom. The van der Waals surface area contributed by atoms with Gasteiger partial charge in [0.2, 0.25) is 10.0 Å². The SMILES string of the molecule is O=S(=O)(NCc1cn[nH]c1)c1c(F)cc(F)cc1F. The van der Waals surface area contributed by atoms with Crippen molar-refractivity contribution in [3.63, 3.8) is 0 Å². The van der Waals surface area contributed by atoms with Crippen molar-refractivity contribution in [1.29, 1.82) is 0 Å². The Bertz CT molecular complexity index is 663. The number of halogens is 3. The second-order valence-electron chi connectivity index (χ2n) is 3.63. The lowest BCUT2D eigenvalue weighted by Gasteiger charge is -2.07. The minimum absolute atomic E-state index is 0.199. The molecule has 2 N–H and O–H groups in total. The van der Waals surface area contributed by atoms with Crippen LogP contribution in [0.3, 0.4) is 0 Å². The van der Waals surface area contributed by atoms with Gasteiger partial charge in [-0.1, -0.05) is 0 Å². The summed E-state index contributed by atoms with van der Waals surface area (Å²) in [6.45, 7) is -0.199. The molecule has 19 heavy (non-hydrogen) atoms. The number of H-pyrrole nitrogens is 1. The Labute approximate surface area is 106 Å². The molecule has 0 saturated heterocycles. The molecule has 5 nitrogen and oxygen atoms in total. The lowest BCUT2D eigenvalue weighted by Crippen LogP contribution is -2.25. The molecule has 1 aromatic heterocycles. The Balaban J connectivity index is 2.29. The molecular weight excluding hydrogens is 283 g/mol. The first-order chi connectivity index (χ1) is 8.90. The predicted molar refractivity (Wildman–Crippen MR) is 58.9 cm³/mol. The predicted octanol–water partition coefficient (Wildman–Crippen LogP) is 1.31. The van der Waals surface area contributed by atoms with Crippen LogP contribution in [0.2, 0.25) is 0 Å². The third-order valence-electron chi connectivity index (χ3n) is 2.25. The van der Waals surface area contributed by atoms with Gasteiger partial charge in [-0.2, -0.15) is 5.10 Å². The van der Waals surface area contributed by atoms with Crippen LogP contribution in [-0.4, -0.2) is 18.6 Å². The zero-order valence-corrected chi connectivity index (χ0v) is 10.1. The first kappa shape index (κ1) is 13.6. The maximum absolute atomic E-state index is 13.4. The molecule has 0 aliphatic carbocycles. The average Bonchev–Trinajstić information content (AvgIpc) is 2.77. The number of nitrogens with one attached hydrogen (secondary N) is 2. The van der Waals surface area contributed by atoms with E-state index in [0.717, 1.165) is 0 Å². The minimum Gasteiger partial charge on any atom is -0.285 e. The Morgan fingerprint density at radius 3 is 2.37 bits per heavy atom. The van der Waals surface area contributed by atoms with Gasteiger partial charge in [0.1, 0.15) is 17.5 Å². The quantitative estimate of drug-likeness (QED) is 0.891. The number of aromatic amines is 1. The second-order valence-corrected chi connectivity index (χ2v) is 5.33. The molecule has 0 saturated carbocycles. The van der Waals surface area contributed by atoms with E-state index in [4.69, 9.17) is 0 Å². The molecule has 2 aromatic rings. The highest BCUT2D eigenvalue weighted by Crippen LogP contribution is 2.20. The standard InChI is InChI=1S/C10H8F3N3O2S/c11-7-1-8(12)10(9(13)2-7)19(17,18)16-5-6-3-14-15-4-6/h1-4,16H,5H2,(H,14,15). The average molecular weight is 291 g/mol. The van der Waals surface area contributed by atoms with Crippen molar-refractivity contribution in [2.24, 2.45) is 0 Å². The lowest BCUT2D eigenvalue weighted by atomic mass is 10.3. The molecule has 102 valence electrons. The summed E-state index contributed by atoms with van der Waals surface area (Å²) in [4.78, 5) is -1.21. The highest BCUT2D eigenvalue weighted by atomic mass is 32.2. The normalized spacial score (nSPS) is 11.7. The molecule has 0 atom stereocenters. The number of nitrogens with zero attached hydrogens (tertiary/aromatic N) is 1. The van der Waals surface area contributed by atoms with E-state index in [2.05, 4.69) is 10.2 Å². The maximum atomic E-state index is 13.4. The molecule has 9 heteroatoms. The van der Waals surface area contributed by atoms with Crippen molar-refractivity contribution < 1.29 is 21.6 Å². The molecule has 0 bridgehead atoms. The van der Waals surface area contributed by atoms with Gasteiger partial charge >= 0.3 is 0 Å². The Morgan fingerprint density at radius 2 is 1.84 bits per heavy atom. The molecule has 1 aromatic carbocycles. The highest BCUT2D eigenvalue weighted by Gasteiger charge is 2.24. The summed E-state index contributed by atoms with van der Waals surface area (Å²) >= 11 is 0. The molecular formula is C10H8F3N3O2S. The molecule has 0 aliphatic rings. The van der Waals surface area contributed by atoms with Crippen molar-refractivity contribution in [1.82, 2.24) is 14.9 Å². The molecule has 0 unspecified atom stereocenters. The van der Waals surface area contributed by atoms with Crippen LogP contribution in [-0.2, 0) is 16.6 Å². The molecule has 0 spiro atoms. The fraction of sp³-hybridized carbons (Fsp3) is 0.100. The van der Waals surface area contributed by atoms with E-state index in [1.165, 1.54) is 12.4 Å². The summed E-state index contributed by atoms with van der Waals surface area (Å²) in [5, 5.41) is 6.04. The van der Waals surface area contributed by atoms with Crippen LogP contribution in [0.25, 0.3) is 0 Å². The van der Waals surface area contributed by atoms with Crippen LogP contribution >= 0.6 is 0 Å². The summed E-state index contributed by atoms with van der Waals surface area (Å²) in [5.41, 5.74) is 0.478. The van der Waals surface area contributed by atoms with Crippen LogP contribution in [0.1, 0.15) is 5.56 Å². The van der Waals surface area contributed by atoms with Gasteiger partial charge < -0.3 is 0 Å². The van der Waals surface area contributed by atoms with Crippen LogP contribution in [0, 0.1) is 17.5 Å². The van der Waals surface area contributed by atoms with Crippen molar-refractivity contribution in [2.45, 2.75) is 11.4 Å². The third kappa shape index (κ3) is 2.93. The zero-order chi connectivity index (χ0) is 14.0. The number of hydrogen-bond acceptors (Lipinski definition) is 3. The van der Waals surface area contributed by atoms with Gasteiger partial charge in [-0.05, 0) is 0 Å². The second kappa shape index (κ2) is 5.02. The van der Waals surface area contributed by atoms with E-state index in [1.54, 1.807) is 0 Å². The monoisotopic (exact) mass is 291 g/mol. The van der Waals surface area contributed by atoms with Gasteiger partial charge in [0.05, 0.1) is 6.20 Å². The fourth-order valence-electron chi connectivity index (χ4n) is 1.41. The Hall–Kier alpha value is -1.87. The number of sulfonamides is 1. The smallest absolute Gasteiger partial charge is 0.246 e. The van der Waals surface area contributed by atoms with E-state index in [-0.39, 0.29) is 6.54 Å². The van der Waals surface area contributed by atoms with E-state index in [9.17, 15) is 21.6 Å². The van der Waals surface area contributed by atoms with Crippen molar-refractivity contribution >= 4 is 10.0 Å². The Kier molecular flexibility index (Phi) is 3.58. The summed E-state index contributed by atoms with van der Waals surface area (Å²) in [7, 11) is -4.42. The summed E-state index contributed by atoms with van der Waals surface area (Å²) in [6.07, 6.45) is 2.76. The molecule has 2 rings (SSSR count). The van der Waals surface area contributed by atoms with Crippen LogP contribution in [0.4, 0.5) is 13.2 Å². The van der Waals surface area contributed by atoms with Gasteiger partial charge in [-0.25, -0.2) is 26.3 Å². The highest BCUT2D eigenvalue weighted by molar-refractivity contribution is 7.89. The maximum Gasteiger partial charge on any atom is 0.246 e. The van der Waals surface area contributed by atoms with E-state index in [0.29, 0.717) is 17.7 Å². The number of aromatic nitrogens is 2. The topological polar surface area (TPSA) is 74.8 Å². The molecule has 1 heterocycles. The third-order valence-corrected chi connectivity index (χ3v) is 3.70. The van der Waals surface area contributed by atoms with E-state index in [1.807, 2.05) is 4.72 Å². The van der Waals surface area contributed by atoms with Crippen molar-refractivity contribution in [3.8, 4) is 0 Å². The first-order valence-corrected chi connectivity index (χ1v) is 6.50. The fourth-order valence-corrected chi connectivity index (χ4v) is 2.54. The number of rotatable bonds is 4. The summed E-state index contributed by atoms with van der Waals surface area (Å²) in [6, 6.07) is 0.602. The van der Waals surface area contributed by atoms with Crippen LogP contribution < -0.4 is 4.72 Å². The van der Waals surface area contributed by atoms with Gasteiger partial charge in [-0.15, -0.1) is 0 Å². The van der Waals surface area contributed by atoms with E-state index < -0.39 is 32.4 Å². The van der Waals surface area contributed by atoms with Crippen molar-refractivity contribution in [3.05, 3.63) is 47.5 Å². The van der Waals surface area contributed by atoms with Crippen molar-refractivity contribution in [2.75, 3.05) is 0 Å². The van der Waals surface area contributed by atoms with Gasteiger partial charge in [-0.3, -0.25) is 5.10 Å². The lowest BCUT2D eigenvalue weighted by molar-refractivity contribution is 0.493. The van der Waals surface area contributed by atoms with Crippen LogP contribution in [0.5, 0.6) is 0 Å². The number of hydrogen-bond donors (Lipinski definition) is 2. The largest absolute Gasteiger partial charge is 0.285 e. The minimum atomic E-state index is -4.42. The molecule has 0 amide bonds. The molecule has 0 aliphatic heterocycles. The summed E-state index contributed by atoms with van der Waals surface area (Å²) < 4.78 is 64.9. The molecule has 0 radical (unpaired) electrons. The summed E-state index contributed by atoms with van der Waals surface area (Å²) in [5.74, 6) is -4.17.